The summed E-state index contributed by atoms with van der Waals surface area (Å²) in [6.45, 7) is 6.00. The fraction of sp³-hybridized carbons (Fsp3) is 1.00. The lowest BCUT2D eigenvalue weighted by atomic mass is 10.1. The van der Waals surface area contributed by atoms with Gasteiger partial charge in [0.25, 0.3) is 0 Å². The van der Waals surface area contributed by atoms with Crippen LogP contribution < -0.4 is 0 Å². The largest absolute Gasteiger partial charge is 0.228 e. The molecule has 1 fully saturated rings. The van der Waals surface area contributed by atoms with Gasteiger partial charge in [-0.1, -0.05) is 33.1 Å². The van der Waals surface area contributed by atoms with Gasteiger partial charge >= 0.3 is 0 Å². The quantitative estimate of drug-likeness (QED) is 0.727. The zero-order valence-corrected chi connectivity index (χ0v) is 10.4. The first-order chi connectivity index (χ1) is 6.41. The van der Waals surface area contributed by atoms with E-state index in [2.05, 4.69) is 6.92 Å². The van der Waals surface area contributed by atoms with Gasteiger partial charge in [0, 0.05) is 0 Å². The molecule has 2 nitrogen and oxygen atoms in total. The molecule has 1 aliphatic carbocycles. The van der Waals surface area contributed by atoms with Crippen LogP contribution in [-0.4, -0.2) is 18.9 Å². The highest BCUT2D eigenvalue weighted by atomic mass is 32.2. The SMILES string of the molecule is CCC(C)CS(=O)(=O)C1(C)CCCC1. The van der Waals surface area contributed by atoms with Crippen molar-refractivity contribution in [1.82, 2.24) is 0 Å². The van der Waals surface area contributed by atoms with Crippen LogP contribution in [0, 0.1) is 5.92 Å². The van der Waals surface area contributed by atoms with Crippen molar-refractivity contribution in [2.45, 2.75) is 57.6 Å². The van der Waals surface area contributed by atoms with Gasteiger partial charge in [-0.15, -0.1) is 0 Å². The topological polar surface area (TPSA) is 34.1 Å². The molecule has 0 aliphatic heterocycles. The van der Waals surface area contributed by atoms with E-state index in [1.165, 1.54) is 0 Å². The normalized spacial score (nSPS) is 23.6. The molecule has 0 aromatic rings. The number of rotatable bonds is 4. The average Bonchev–Trinajstić information content (AvgIpc) is 2.53. The van der Waals surface area contributed by atoms with Gasteiger partial charge in [-0.2, -0.15) is 0 Å². The van der Waals surface area contributed by atoms with Gasteiger partial charge < -0.3 is 0 Å². The molecule has 3 heteroatoms. The molecule has 1 unspecified atom stereocenters. The zero-order valence-electron chi connectivity index (χ0n) is 9.54. The second-order valence-electron chi connectivity index (χ2n) is 4.95. The van der Waals surface area contributed by atoms with E-state index in [0.717, 1.165) is 32.1 Å². The molecule has 0 spiro atoms. The lowest BCUT2D eigenvalue weighted by Gasteiger charge is -2.25. The van der Waals surface area contributed by atoms with Gasteiger partial charge in [-0.3, -0.25) is 0 Å². The Morgan fingerprint density at radius 1 is 1.29 bits per heavy atom. The smallest absolute Gasteiger partial charge is 0.155 e. The van der Waals surface area contributed by atoms with Crippen LogP contribution in [-0.2, 0) is 9.84 Å². The van der Waals surface area contributed by atoms with Crippen LogP contribution in [0.4, 0.5) is 0 Å². The van der Waals surface area contributed by atoms with Gasteiger partial charge in [0.15, 0.2) is 9.84 Å². The summed E-state index contributed by atoms with van der Waals surface area (Å²) in [6.07, 6.45) is 4.85. The maximum absolute atomic E-state index is 12.1. The predicted octanol–water partition coefficient (Wildman–Crippen LogP) is 2.78. The van der Waals surface area contributed by atoms with Crippen LogP contribution in [0.15, 0.2) is 0 Å². The van der Waals surface area contributed by atoms with Crippen molar-refractivity contribution in [3.8, 4) is 0 Å². The number of sulfone groups is 1. The molecule has 0 N–H and O–H groups in total. The van der Waals surface area contributed by atoms with Gasteiger partial charge in [0.1, 0.15) is 0 Å². The van der Waals surface area contributed by atoms with Gasteiger partial charge in [-0.25, -0.2) is 8.42 Å². The van der Waals surface area contributed by atoms with E-state index < -0.39 is 14.6 Å². The Labute approximate surface area is 88.0 Å². The third kappa shape index (κ3) is 2.30. The van der Waals surface area contributed by atoms with E-state index in [9.17, 15) is 8.42 Å². The van der Waals surface area contributed by atoms with Crippen LogP contribution in [0.1, 0.15) is 52.9 Å². The van der Waals surface area contributed by atoms with E-state index >= 15 is 0 Å². The summed E-state index contributed by atoms with van der Waals surface area (Å²) in [5.41, 5.74) is 0. The van der Waals surface area contributed by atoms with Crippen LogP contribution in [0.2, 0.25) is 0 Å². The summed E-state index contributed by atoms with van der Waals surface area (Å²) < 4.78 is 23.8. The van der Waals surface area contributed by atoms with Gasteiger partial charge in [0.05, 0.1) is 10.5 Å². The van der Waals surface area contributed by atoms with Crippen molar-refractivity contribution >= 4 is 9.84 Å². The van der Waals surface area contributed by atoms with Crippen LogP contribution >= 0.6 is 0 Å². The Morgan fingerprint density at radius 3 is 2.21 bits per heavy atom. The lowest BCUT2D eigenvalue weighted by molar-refractivity contribution is 0.514. The third-order valence-corrected chi connectivity index (χ3v) is 6.53. The summed E-state index contributed by atoms with van der Waals surface area (Å²) >= 11 is 0. The van der Waals surface area contributed by atoms with E-state index in [-0.39, 0.29) is 0 Å². The van der Waals surface area contributed by atoms with Gasteiger partial charge in [0.2, 0.25) is 0 Å². The van der Waals surface area contributed by atoms with Crippen molar-refractivity contribution in [2.24, 2.45) is 5.92 Å². The first-order valence-corrected chi connectivity index (χ1v) is 7.29. The highest BCUT2D eigenvalue weighted by Crippen LogP contribution is 2.37. The Kier molecular flexibility index (Phi) is 3.62. The minimum atomic E-state index is -2.87. The first-order valence-electron chi connectivity index (χ1n) is 5.63. The average molecular weight is 218 g/mol. The summed E-state index contributed by atoms with van der Waals surface area (Å²) in [6, 6.07) is 0. The molecule has 0 radical (unpaired) electrons. The predicted molar refractivity (Wildman–Crippen MR) is 60.1 cm³/mol. The molecule has 0 saturated heterocycles. The molecule has 14 heavy (non-hydrogen) atoms. The molecule has 0 aromatic heterocycles. The first kappa shape index (κ1) is 12.0. The lowest BCUT2D eigenvalue weighted by Crippen LogP contribution is -2.35. The van der Waals surface area contributed by atoms with E-state index in [1.54, 1.807) is 0 Å². The van der Waals surface area contributed by atoms with E-state index in [1.807, 2.05) is 13.8 Å². The Hall–Kier alpha value is -0.0500. The Balaban J connectivity index is 2.74. The summed E-state index contributed by atoms with van der Waals surface area (Å²) in [4.78, 5) is 0. The van der Waals surface area contributed by atoms with Crippen molar-refractivity contribution in [1.29, 1.82) is 0 Å². The number of hydrogen-bond donors (Lipinski definition) is 0. The molecular weight excluding hydrogens is 196 g/mol. The fourth-order valence-corrected chi connectivity index (χ4v) is 4.43. The van der Waals surface area contributed by atoms with Crippen LogP contribution in [0.25, 0.3) is 0 Å². The monoisotopic (exact) mass is 218 g/mol. The molecule has 0 aromatic carbocycles. The summed E-state index contributed by atoms with van der Waals surface area (Å²) in [7, 11) is -2.87. The Bertz CT molecular complexity index is 274. The maximum atomic E-state index is 12.1. The summed E-state index contributed by atoms with van der Waals surface area (Å²) in [5, 5.41) is 0. The number of hydrogen-bond acceptors (Lipinski definition) is 2. The molecule has 0 heterocycles. The molecule has 1 aliphatic rings. The highest BCUT2D eigenvalue weighted by molar-refractivity contribution is 7.92. The van der Waals surface area contributed by atoms with E-state index in [4.69, 9.17) is 0 Å². The van der Waals surface area contributed by atoms with E-state index in [0.29, 0.717) is 11.7 Å². The minimum Gasteiger partial charge on any atom is -0.228 e. The fourth-order valence-electron chi connectivity index (χ4n) is 2.13. The Morgan fingerprint density at radius 2 is 1.79 bits per heavy atom. The molecular formula is C11H22O2S. The third-order valence-electron chi connectivity index (χ3n) is 3.61. The zero-order chi connectivity index (χ0) is 10.8. The van der Waals surface area contributed by atoms with Crippen LogP contribution in [0.5, 0.6) is 0 Å². The second-order valence-corrected chi connectivity index (χ2v) is 7.50. The molecule has 1 saturated carbocycles. The molecule has 1 rings (SSSR count). The van der Waals surface area contributed by atoms with Crippen molar-refractivity contribution in [3.63, 3.8) is 0 Å². The highest BCUT2D eigenvalue weighted by Gasteiger charge is 2.41. The molecule has 0 bridgehead atoms. The molecule has 0 amide bonds. The van der Waals surface area contributed by atoms with Crippen molar-refractivity contribution in [2.75, 3.05) is 5.75 Å². The second kappa shape index (κ2) is 4.21. The molecule has 1 atom stereocenters. The maximum Gasteiger partial charge on any atom is 0.155 e. The standard InChI is InChI=1S/C11H22O2S/c1-4-10(2)9-14(12,13)11(3)7-5-6-8-11/h10H,4-9H2,1-3H3. The van der Waals surface area contributed by atoms with Crippen molar-refractivity contribution < 1.29 is 8.42 Å². The van der Waals surface area contributed by atoms with Crippen molar-refractivity contribution in [3.05, 3.63) is 0 Å². The van der Waals surface area contributed by atoms with Crippen LogP contribution in [0.3, 0.4) is 0 Å². The minimum absolute atomic E-state index is 0.303. The molecule has 84 valence electrons. The van der Waals surface area contributed by atoms with Gasteiger partial charge in [-0.05, 0) is 25.7 Å². The summed E-state index contributed by atoms with van der Waals surface area (Å²) in [5.74, 6) is 0.678.